The zero-order chi connectivity index (χ0) is 24.6. The van der Waals surface area contributed by atoms with Gasteiger partial charge in [0, 0.05) is 31.9 Å². The van der Waals surface area contributed by atoms with Gasteiger partial charge in [0.05, 0.1) is 25.4 Å². The fourth-order valence-electron chi connectivity index (χ4n) is 3.76. The average Bonchev–Trinajstić information content (AvgIpc) is 3.32. The number of pyridine rings is 1. The van der Waals surface area contributed by atoms with E-state index < -0.39 is 28.3 Å². The van der Waals surface area contributed by atoms with Crippen molar-refractivity contribution in [3.05, 3.63) is 60.4 Å². The lowest BCUT2D eigenvalue weighted by atomic mass is 10.0. The number of ether oxygens (including phenoxy) is 2. The van der Waals surface area contributed by atoms with Crippen LogP contribution in [-0.4, -0.2) is 73.5 Å². The molecule has 1 fully saturated rings. The number of carbonyl (C=O) groups excluding carboxylic acids is 1. The lowest BCUT2D eigenvalue weighted by molar-refractivity contribution is 0.0644. The van der Waals surface area contributed by atoms with Crippen LogP contribution in [0.25, 0.3) is 0 Å². The predicted octanol–water partition coefficient (Wildman–Crippen LogP) is 2.22. The first-order valence-electron chi connectivity index (χ1n) is 11.4. The lowest BCUT2D eigenvalue weighted by Gasteiger charge is -2.30. The number of benzene rings is 1. The van der Waals surface area contributed by atoms with Crippen LogP contribution in [0.3, 0.4) is 0 Å². The van der Waals surface area contributed by atoms with Crippen molar-refractivity contribution in [2.45, 2.75) is 49.8 Å². The largest absolute Gasteiger partial charge is 0.444 e. The fourth-order valence-corrected chi connectivity index (χ4v) is 5.34. The van der Waals surface area contributed by atoms with E-state index in [2.05, 4.69) is 10.3 Å². The Morgan fingerprint density at radius 1 is 1.24 bits per heavy atom. The van der Waals surface area contributed by atoms with Gasteiger partial charge >= 0.3 is 6.09 Å². The van der Waals surface area contributed by atoms with Gasteiger partial charge in [-0.15, -0.1) is 0 Å². The molecule has 1 aliphatic rings. The molecule has 0 radical (unpaired) electrons. The molecule has 0 aliphatic carbocycles. The standard InChI is InChI=1S/C24H33N3O6S/c1-18(2)15-27(34(30,31)21-9-6-11-25-14-21)16-23(28)22(13-19-7-4-3-5-8-19)26-24(29)33-20-10-12-32-17-20/h3-9,11,14,18,20,22-23,28H,10,12-13,15-17H2,1-2H3,(H,26,29)/t20-,22-,23+/m0/s1. The highest BCUT2D eigenvalue weighted by molar-refractivity contribution is 7.89. The summed E-state index contributed by atoms with van der Waals surface area (Å²) in [7, 11) is -3.89. The highest BCUT2D eigenvalue weighted by Gasteiger charge is 2.32. The smallest absolute Gasteiger partial charge is 0.407 e. The Kier molecular flexibility index (Phi) is 9.40. The molecule has 10 heteroatoms. The van der Waals surface area contributed by atoms with Crippen LogP contribution in [0.2, 0.25) is 0 Å². The first-order valence-corrected chi connectivity index (χ1v) is 12.9. The Morgan fingerprint density at radius 3 is 2.62 bits per heavy atom. The lowest BCUT2D eigenvalue weighted by Crippen LogP contribution is -2.51. The quantitative estimate of drug-likeness (QED) is 0.495. The number of hydrogen-bond acceptors (Lipinski definition) is 7. The van der Waals surface area contributed by atoms with Crippen LogP contribution in [0.15, 0.2) is 59.8 Å². The van der Waals surface area contributed by atoms with E-state index >= 15 is 0 Å². The summed E-state index contributed by atoms with van der Waals surface area (Å²) in [6, 6.07) is 11.6. The number of sulfonamides is 1. The summed E-state index contributed by atoms with van der Waals surface area (Å²) in [5.41, 5.74) is 0.890. The van der Waals surface area contributed by atoms with Crippen molar-refractivity contribution in [3.63, 3.8) is 0 Å². The molecule has 0 spiro atoms. The molecule has 3 atom stereocenters. The van der Waals surface area contributed by atoms with Gasteiger partial charge in [0.15, 0.2) is 0 Å². The van der Waals surface area contributed by atoms with Gasteiger partial charge < -0.3 is 19.9 Å². The van der Waals surface area contributed by atoms with E-state index in [0.29, 0.717) is 26.1 Å². The third-order valence-corrected chi connectivity index (χ3v) is 7.27. The van der Waals surface area contributed by atoms with Crippen molar-refractivity contribution in [2.24, 2.45) is 5.92 Å². The molecule has 2 N–H and O–H groups in total. The van der Waals surface area contributed by atoms with E-state index in [1.165, 1.54) is 22.8 Å². The molecule has 2 heterocycles. The Labute approximate surface area is 201 Å². The molecule has 1 aromatic carbocycles. The van der Waals surface area contributed by atoms with Crippen LogP contribution in [-0.2, 0) is 25.9 Å². The molecule has 1 saturated heterocycles. The second-order valence-electron chi connectivity index (χ2n) is 8.80. The van der Waals surface area contributed by atoms with Crippen LogP contribution in [0.4, 0.5) is 4.79 Å². The molecule has 0 bridgehead atoms. The third-order valence-electron chi connectivity index (χ3n) is 5.46. The molecular weight excluding hydrogens is 458 g/mol. The Bertz CT molecular complexity index is 998. The van der Waals surface area contributed by atoms with Crippen molar-refractivity contribution in [2.75, 3.05) is 26.3 Å². The molecular formula is C24H33N3O6S. The number of nitrogens with zero attached hydrogens (tertiary/aromatic N) is 2. The summed E-state index contributed by atoms with van der Waals surface area (Å²) in [4.78, 5) is 16.5. The van der Waals surface area contributed by atoms with E-state index in [9.17, 15) is 18.3 Å². The Hall–Kier alpha value is -2.53. The second-order valence-corrected chi connectivity index (χ2v) is 10.7. The molecule has 0 unspecified atom stereocenters. The number of amides is 1. The number of aromatic nitrogens is 1. The molecule has 3 rings (SSSR count). The van der Waals surface area contributed by atoms with Gasteiger partial charge in [-0.3, -0.25) is 4.98 Å². The Balaban J connectivity index is 1.78. The predicted molar refractivity (Wildman–Crippen MR) is 127 cm³/mol. The van der Waals surface area contributed by atoms with Crippen molar-refractivity contribution in [1.82, 2.24) is 14.6 Å². The van der Waals surface area contributed by atoms with Gasteiger partial charge in [-0.1, -0.05) is 44.2 Å². The van der Waals surface area contributed by atoms with Crippen LogP contribution in [0, 0.1) is 5.92 Å². The maximum Gasteiger partial charge on any atom is 0.407 e. The normalized spacial score (nSPS) is 18.1. The average molecular weight is 492 g/mol. The molecule has 1 amide bonds. The van der Waals surface area contributed by atoms with Gasteiger partial charge in [-0.05, 0) is 30.0 Å². The molecule has 2 aromatic rings. The van der Waals surface area contributed by atoms with Gasteiger partial charge in [0.1, 0.15) is 11.0 Å². The van der Waals surface area contributed by atoms with Crippen molar-refractivity contribution in [1.29, 1.82) is 0 Å². The molecule has 9 nitrogen and oxygen atoms in total. The van der Waals surface area contributed by atoms with Gasteiger partial charge in [0.2, 0.25) is 10.0 Å². The maximum atomic E-state index is 13.3. The zero-order valence-corrected chi connectivity index (χ0v) is 20.4. The fraction of sp³-hybridized carbons (Fsp3) is 0.500. The van der Waals surface area contributed by atoms with E-state index in [1.807, 2.05) is 44.2 Å². The number of hydrogen-bond donors (Lipinski definition) is 2. The first kappa shape index (κ1) is 26.1. The molecule has 0 saturated carbocycles. The number of aliphatic hydroxyl groups is 1. The van der Waals surface area contributed by atoms with E-state index in [4.69, 9.17) is 9.47 Å². The number of alkyl carbamates (subject to hydrolysis) is 1. The number of carbonyl (C=O) groups is 1. The third kappa shape index (κ3) is 7.49. The SMILES string of the molecule is CC(C)CN(C[C@@H](O)[C@H](Cc1ccccc1)NC(=O)O[C@H]1CCOC1)S(=O)(=O)c1cccnc1. The summed E-state index contributed by atoms with van der Waals surface area (Å²) in [6.45, 7) is 4.68. The van der Waals surface area contributed by atoms with Crippen molar-refractivity contribution < 1.29 is 27.8 Å². The summed E-state index contributed by atoms with van der Waals surface area (Å²) in [5.74, 6) is 0.0199. The Morgan fingerprint density at radius 2 is 2.00 bits per heavy atom. The molecule has 1 aromatic heterocycles. The molecule has 186 valence electrons. The monoisotopic (exact) mass is 491 g/mol. The summed E-state index contributed by atoms with van der Waals surface area (Å²) in [6.07, 6.45) is 1.53. The minimum Gasteiger partial charge on any atom is -0.444 e. The highest BCUT2D eigenvalue weighted by Crippen LogP contribution is 2.18. The van der Waals surface area contributed by atoms with Crippen LogP contribution < -0.4 is 5.32 Å². The summed E-state index contributed by atoms with van der Waals surface area (Å²) >= 11 is 0. The highest BCUT2D eigenvalue weighted by atomic mass is 32.2. The second kappa shape index (κ2) is 12.3. The van der Waals surface area contributed by atoms with Crippen molar-refractivity contribution >= 4 is 16.1 Å². The van der Waals surface area contributed by atoms with E-state index in [0.717, 1.165) is 5.56 Å². The molecule has 1 aliphatic heterocycles. The van der Waals surface area contributed by atoms with Crippen LogP contribution >= 0.6 is 0 Å². The minimum atomic E-state index is -3.89. The van der Waals surface area contributed by atoms with Crippen LogP contribution in [0.1, 0.15) is 25.8 Å². The van der Waals surface area contributed by atoms with Gasteiger partial charge in [0.25, 0.3) is 0 Å². The number of nitrogens with one attached hydrogen (secondary N) is 1. The van der Waals surface area contributed by atoms with Gasteiger partial charge in [-0.25, -0.2) is 13.2 Å². The maximum absolute atomic E-state index is 13.3. The summed E-state index contributed by atoms with van der Waals surface area (Å²) in [5, 5.41) is 13.9. The number of aliphatic hydroxyl groups excluding tert-OH is 1. The van der Waals surface area contributed by atoms with E-state index in [-0.39, 0.29) is 30.0 Å². The van der Waals surface area contributed by atoms with Crippen molar-refractivity contribution in [3.8, 4) is 0 Å². The molecule has 34 heavy (non-hydrogen) atoms. The summed E-state index contributed by atoms with van der Waals surface area (Å²) < 4.78 is 38.5. The number of rotatable bonds is 11. The zero-order valence-electron chi connectivity index (χ0n) is 19.5. The van der Waals surface area contributed by atoms with Gasteiger partial charge in [-0.2, -0.15) is 4.31 Å². The minimum absolute atomic E-state index is 0.0199. The first-order chi connectivity index (χ1) is 16.3. The van der Waals surface area contributed by atoms with E-state index in [1.54, 1.807) is 6.07 Å². The van der Waals surface area contributed by atoms with Crippen LogP contribution in [0.5, 0.6) is 0 Å². The topological polar surface area (TPSA) is 118 Å².